The number of benzene rings is 1. The normalized spacial score (nSPS) is 10.9. The van der Waals surface area contributed by atoms with Crippen molar-refractivity contribution in [2.24, 2.45) is 0 Å². The Morgan fingerprint density at radius 2 is 1.93 bits per heavy atom. The first-order valence-electron chi connectivity index (χ1n) is 4.93. The minimum absolute atomic E-state index is 0.875. The molecule has 0 saturated carbocycles. The second-order valence-electron chi connectivity index (χ2n) is 3.30. The van der Waals surface area contributed by atoms with Crippen LogP contribution in [0.4, 0.5) is 5.69 Å². The third kappa shape index (κ3) is 3.00. The van der Waals surface area contributed by atoms with Crippen molar-refractivity contribution in [2.45, 2.75) is 20.4 Å². The zero-order valence-electron chi connectivity index (χ0n) is 8.76. The van der Waals surface area contributed by atoms with Gasteiger partial charge in [-0.1, -0.05) is 29.8 Å². The topological polar surface area (TPSA) is 29.3 Å². The van der Waals surface area contributed by atoms with Crippen LogP contribution in [0.15, 0.2) is 22.7 Å². The number of nitrogens with zero attached hydrogens (tertiary/aromatic N) is 1. The molecule has 0 spiro atoms. The maximum absolute atomic E-state index is 5.90. The average molecular weight is 257 g/mol. The second kappa shape index (κ2) is 5.37. The van der Waals surface area contributed by atoms with Gasteiger partial charge in [-0.25, -0.2) is 0 Å². The van der Waals surface area contributed by atoms with E-state index in [1.165, 1.54) is 5.56 Å². The number of anilines is 1. The molecule has 0 aliphatic carbocycles. The lowest BCUT2D eigenvalue weighted by atomic mass is 10.1. The summed E-state index contributed by atoms with van der Waals surface area (Å²) in [4.78, 5) is 2.35. The van der Waals surface area contributed by atoms with Crippen LogP contribution in [0.2, 0.25) is 0 Å². The molecule has 0 fully saturated rings. The lowest BCUT2D eigenvalue weighted by Gasteiger charge is -2.19. The van der Waals surface area contributed by atoms with Crippen molar-refractivity contribution in [1.82, 2.24) is 4.90 Å². The summed E-state index contributed by atoms with van der Waals surface area (Å²) in [6.07, 6.45) is 0. The Hall–Kier alpha value is -0.540. The van der Waals surface area contributed by atoms with Crippen LogP contribution in [-0.2, 0) is 6.54 Å². The van der Waals surface area contributed by atoms with Crippen molar-refractivity contribution in [3.05, 3.63) is 28.2 Å². The first-order chi connectivity index (χ1) is 6.67. The molecule has 1 aromatic carbocycles. The first-order valence-corrected chi connectivity index (χ1v) is 5.73. The number of nitrogen functional groups attached to an aromatic ring is 1. The van der Waals surface area contributed by atoms with Crippen molar-refractivity contribution >= 4 is 21.6 Å². The van der Waals surface area contributed by atoms with E-state index >= 15 is 0 Å². The molecule has 0 radical (unpaired) electrons. The van der Waals surface area contributed by atoms with Crippen LogP contribution in [0.3, 0.4) is 0 Å². The van der Waals surface area contributed by atoms with Gasteiger partial charge in [0.15, 0.2) is 0 Å². The molecule has 0 amide bonds. The van der Waals surface area contributed by atoms with Crippen molar-refractivity contribution in [1.29, 1.82) is 0 Å². The van der Waals surface area contributed by atoms with Crippen LogP contribution in [-0.4, -0.2) is 18.0 Å². The molecule has 3 heteroatoms. The van der Waals surface area contributed by atoms with Crippen molar-refractivity contribution in [3.8, 4) is 0 Å². The van der Waals surface area contributed by atoms with Crippen molar-refractivity contribution in [3.63, 3.8) is 0 Å². The Balaban J connectivity index is 2.79. The molecule has 0 bridgehead atoms. The van der Waals surface area contributed by atoms with Crippen LogP contribution in [0, 0.1) is 0 Å². The van der Waals surface area contributed by atoms with E-state index in [4.69, 9.17) is 5.73 Å². The number of hydrogen-bond acceptors (Lipinski definition) is 2. The van der Waals surface area contributed by atoms with Gasteiger partial charge in [-0.2, -0.15) is 0 Å². The molecule has 0 aliphatic heterocycles. The number of halogens is 1. The molecular weight excluding hydrogens is 240 g/mol. The molecule has 2 nitrogen and oxygen atoms in total. The van der Waals surface area contributed by atoms with E-state index in [1.807, 2.05) is 12.1 Å². The maximum Gasteiger partial charge on any atom is 0.0360 e. The van der Waals surface area contributed by atoms with Gasteiger partial charge in [0, 0.05) is 16.7 Å². The fourth-order valence-corrected chi connectivity index (χ4v) is 1.81. The fourth-order valence-electron chi connectivity index (χ4n) is 1.40. The Labute approximate surface area is 94.2 Å². The minimum atomic E-state index is 0.875. The average Bonchev–Trinajstić information content (AvgIpc) is 2.19. The molecule has 0 aromatic heterocycles. The van der Waals surface area contributed by atoms with Gasteiger partial charge in [0.2, 0.25) is 0 Å². The summed E-state index contributed by atoms with van der Waals surface area (Å²) in [5, 5.41) is 0. The quantitative estimate of drug-likeness (QED) is 0.840. The third-order valence-corrected chi connectivity index (χ3v) is 2.89. The lowest BCUT2D eigenvalue weighted by Crippen LogP contribution is -2.22. The van der Waals surface area contributed by atoms with Crippen LogP contribution in [0.5, 0.6) is 0 Å². The molecule has 2 N–H and O–H groups in total. The van der Waals surface area contributed by atoms with Crippen LogP contribution < -0.4 is 5.73 Å². The summed E-state index contributed by atoms with van der Waals surface area (Å²) in [5.74, 6) is 0. The Morgan fingerprint density at radius 1 is 1.29 bits per heavy atom. The highest BCUT2D eigenvalue weighted by Crippen LogP contribution is 2.19. The van der Waals surface area contributed by atoms with Gasteiger partial charge in [-0.05, 0) is 36.9 Å². The highest BCUT2D eigenvalue weighted by atomic mass is 79.9. The van der Waals surface area contributed by atoms with E-state index in [0.717, 1.165) is 29.8 Å². The van der Waals surface area contributed by atoms with Gasteiger partial charge in [0.25, 0.3) is 0 Å². The third-order valence-electron chi connectivity index (χ3n) is 2.39. The Morgan fingerprint density at radius 3 is 2.50 bits per heavy atom. The molecule has 0 aliphatic rings. The van der Waals surface area contributed by atoms with Gasteiger partial charge < -0.3 is 5.73 Å². The summed E-state index contributed by atoms with van der Waals surface area (Å²) in [7, 11) is 0. The molecule has 1 rings (SSSR count). The standard InChI is InChI=1S/C11H17BrN2/c1-3-14(4-2)8-9-7-10(12)5-6-11(9)13/h5-7H,3-4,8,13H2,1-2H3. The SMILES string of the molecule is CCN(CC)Cc1cc(Br)ccc1N. The van der Waals surface area contributed by atoms with Gasteiger partial charge in [0.1, 0.15) is 0 Å². The molecule has 0 saturated heterocycles. The Kier molecular flexibility index (Phi) is 4.42. The fraction of sp³-hybridized carbons (Fsp3) is 0.455. The molecule has 1 aromatic rings. The largest absolute Gasteiger partial charge is 0.398 e. The van der Waals surface area contributed by atoms with Crippen LogP contribution in [0.1, 0.15) is 19.4 Å². The van der Waals surface area contributed by atoms with E-state index in [2.05, 4.69) is 40.7 Å². The molecule has 78 valence electrons. The summed E-state index contributed by atoms with van der Waals surface area (Å²) >= 11 is 3.46. The zero-order valence-corrected chi connectivity index (χ0v) is 10.3. The van der Waals surface area contributed by atoms with Crippen LogP contribution >= 0.6 is 15.9 Å². The predicted molar refractivity (Wildman–Crippen MR) is 65.2 cm³/mol. The van der Waals surface area contributed by atoms with E-state index in [0.29, 0.717) is 0 Å². The highest BCUT2D eigenvalue weighted by Gasteiger charge is 2.04. The van der Waals surface area contributed by atoms with E-state index < -0.39 is 0 Å². The summed E-state index contributed by atoms with van der Waals surface area (Å²) in [6, 6.07) is 6.01. The van der Waals surface area contributed by atoms with Gasteiger partial charge in [0.05, 0.1) is 0 Å². The predicted octanol–water partition coefficient (Wildman–Crippen LogP) is 2.87. The van der Waals surface area contributed by atoms with Gasteiger partial charge in [-0.3, -0.25) is 4.90 Å². The summed E-state index contributed by atoms with van der Waals surface area (Å²) in [6.45, 7) is 7.37. The molecule has 0 heterocycles. The number of hydrogen-bond donors (Lipinski definition) is 1. The Bertz CT molecular complexity index is 295. The molecule has 0 atom stereocenters. The summed E-state index contributed by atoms with van der Waals surface area (Å²) < 4.78 is 1.09. The monoisotopic (exact) mass is 256 g/mol. The summed E-state index contributed by atoms with van der Waals surface area (Å²) in [5.41, 5.74) is 7.97. The number of nitrogens with two attached hydrogens (primary N) is 1. The molecule has 14 heavy (non-hydrogen) atoms. The molecular formula is C11H17BrN2. The first kappa shape index (κ1) is 11.5. The van der Waals surface area contributed by atoms with E-state index in [9.17, 15) is 0 Å². The number of rotatable bonds is 4. The van der Waals surface area contributed by atoms with E-state index in [-0.39, 0.29) is 0 Å². The van der Waals surface area contributed by atoms with Crippen LogP contribution in [0.25, 0.3) is 0 Å². The van der Waals surface area contributed by atoms with E-state index in [1.54, 1.807) is 0 Å². The van der Waals surface area contributed by atoms with Crippen molar-refractivity contribution < 1.29 is 0 Å². The zero-order chi connectivity index (χ0) is 10.6. The smallest absolute Gasteiger partial charge is 0.0360 e. The maximum atomic E-state index is 5.90. The van der Waals surface area contributed by atoms with Gasteiger partial charge >= 0.3 is 0 Å². The highest BCUT2D eigenvalue weighted by molar-refractivity contribution is 9.10. The van der Waals surface area contributed by atoms with Gasteiger partial charge in [-0.15, -0.1) is 0 Å². The second-order valence-corrected chi connectivity index (χ2v) is 4.22. The lowest BCUT2D eigenvalue weighted by molar-refractivity contribution is 0.296. The minimum Gasteiger partial charge on any atom is -0.398 e. The molecule has 0 unspecified atom stereocenters. The van der Waals surface area contributed by atoms with Crippen molar-refractivity contribution in [2.75, 3.05) is 18.8 Å².